The van der Waals surface area contributed by atoms with Gasteiger partial charge >= 0.3 is 6.01 Å². The minimum atomic E-state index is -0.0634. The first-order chi connectivity index (χ1) is 41.4. The van der Waals surface area contributed by atoms with Crippen molar-refractivity contribution in [2.75, 3.05) is 33.5 Å². The molecule has 4 spiro atoms. The van der Waals surface area contributed by atoms with Gasteiger partial charge in [-0.05, 0) is 124 Å². The first kappa shape index (κ1) is 55.7. The van der Waals surface area contributed by atoms with E-state index in [1.807, 2.05) is 64.2 Å². The highest BCUT2D eigenvalue weighted by Gasteiger charge is 2.43. The lowest BCUT2D eigenvalue weighted by Gasteiger charge is -2.32. The highest BCUT2D eigenvalue weighted by atomic mass is 32.1. The second-order valence-corrected chi connectivity index (χ2v) is 24.8. The van der Waals surface area contributed by atoms with Crippen LogP contribution in [0.2, 0.25) is 0 Å². The van der Waals surface area contributed by atoms with E-state index in [2.05, 4.69) is 128 Å². The van der Waals surface area contributed by atoms with Crippen molar-refractivity contribution in [1.82, 2.24) is 24.9 Å². The van der Waals surface area contributed by atoms with Gasteiger partial charge in [0.25, 0.3) is 0 Å². The van der Waals surface area contributed by atoms with Crippen LogP contribution < -0.4 is 4.74 Å². The predicted molar refractivity (Wildman–Crippen MR) is 336 cm³/mol. The van der Waals surface area contributed by atoms with E-state index in [9.17, 15) is 0 Å². The molecule has 4 aliphatic heterocycles. The molecule has 4 atom stereocenters. The Morgan fingerprint density at radius 1 is 0.412 bits per heavy atom. The van der Waals surface area contributed by atoms with E-state index >= 15 is 0 Å². The van der Waals surface area contributed by atoms with E-state index in [1.54, 1.807) is 24.8 Å². The van der Waals surface area contributed by atoms with Crippen LogP contribution in [0.5, 0.6) is 6.01 Å². The molecule has 0 radical (unpaired) electrons. The molecule has 4 aliphatic carbocycles. The van der Waals surface area contributed by atoms with Crippen LogP contribution in [0.3, 0.4) is 0 Å². The molecule has 5 aromatic carbocycles. The summed E-state index contributed by atoms with van der Waals surface area (Å²) in [5.41, 5.74) is 21.6. The highest BCUT2D eigenvalue weighted by molar-refractivity contribution is 7.13. The van der Waals surface area contributed by atoms with Gasteiger partial charge in [0.1, 0.15) is 54.9 Å². The first-order valence-corrected chi connectivity index (χ1v) is 30.6. The van der Waals surface area contributed by atoms with Gasteiger partial charge in [0.2, 0.25) is 0 Å². The lowest BCUT2D eigenvalue weighted by molar-refractivity contribution is 0.236. The van der Waals surface area contributed by atoms with E-state index in [1.165, 1.54) is 77.2 Å². The smallest absolute Gasteiger partial charge is 0.316 e. The van der Waals surface area contributed by atoms with Crippen LogP contribution >= 0.6 is 11.3 Å². The number of aliphatic imine (C=N–C) groups is 4. The normalized spacial score (nSPS) is 23.4. The zero-order valence-corrected chi connectivity index (χ0v) is 50.0. The van der Waals surface area contributed by atoms with Crippen molar-refractivity contribution >= 4 is 34.9 Å². The monoisotopic (exact) mass is 1150 g/mol. The number of rotatable bonds is 5. The molecule has 432 valence electrons. The van der Waals surface area contributed by atoms with Crippen molar-refractivity contribution in [3.8, 4) is 49.8 Å². The summed E-state index contributed by atoms with van der Waals surface area (Å²) in [4.78, 5) is 41.2. The van der Waals surface area contributed by atoms with Crippen LogP contribution in [0.4, 0.5) is 0 Å². The molecule has 14 nitrogen and oxygen atoms in total. The minimum absolute atomic E-state index is 0.0105. The van der Waals surface area contributed by atoms with E-state index in [0.717, 1.165) is 132 Å². The van der Waals surface area contributed by atoms with Gasteiger partial charge in [0.15, 0.2) is 23.6 Å². The average molecular weight is 1150 g/mol. The Bertz CT molecular complexity index is 3870. The van der Waals surface area contributed by atoms with Gasteiger partial charge in [-0.3, -0.25) is 4.98 Å². The molecule has 0 saturated heterocycles. The lowest BCUT2D eigenvalue weighted by Crippen LogP contribution is -2.35. The van der Waals surface area contributed by atoms with Gasteiger partial charge in [0.05, 0.1) is 17.5 Å². The van der Waals surface area contributed by atoms with E-state index < -0.39 is 0 Å². The number of aromatic nitrogens is 5. The first-order valence-electron chi connectivity index (χ1n) is 29.7. The molecule has 7 heterocycles. The van der Waals surface area contributed by atoms with Crippen molar-refractivity contribution in [3.63, 3.8) is 0 Å². The number of benzene rings is 5. The maximum Gasteiger partial charge on any atom is 0.316 e. The largest absolute Gasteiger partial charge is 0.479 e. The number of hydrogen-bond donors (Lipinski definition) is 0. The molecule has 16 rings (SSSR count). The lowest BCUT2D eigenvalue weighted by atomic mass is 9.76. The topological polar surface area (TPSA) is 160 Å². The number of thiazole rings is 1. The van der Waals surface area contributed by atoms with Crippen LogP contribution in [0.25, 0.3) is 43.8 Å². The van der Waals surface area contributed by atoms with Crippen LogP contribution in [0.1, 0.15) is 97.9 Å². The summed E-state index contributed by atoms with van der Waals surface area (Å²) in [7, 11) is 1.57. The quantitative estimate of drug-likeness (QED) is 0.162. The van der Waals surface area contributed by atoms with Crippen LogP contribution in [0, 0.1) is 0 Å². The molecule has 8 aliphatic rings. The van der Waals surface area contributed by atoms with Crippen molar-refractivity contribution < 1.29 is 23.7 Å². The number of ether oxygens (including phenoxy) is 5. The van der Waals surface area contributed by atoms with Crippen LogP contribution in [-0.4, -0.2) is 104 Å². The summed E-state index contributed by atoms with van der Waals surface area (Å²) in [5, 5.41) is 0. The highest BCUT2D eigenvalue weighted by Crippen LogP contribution is 2.43. The number of methoxy groups -OCH3 is 1. The van der Waals surface area contributed by atoms with Gasteiger partial charge in [-0.25, -0.2) is 39.9 Å². The summed E-state index contributed by atoms with van der Waals surface area (Å²) in [5.74, 6) is 3.32. The van der Waals surface area contributed by atoms with E-state index in [4.69, 9.17) is 43.7 Å². The van der Waals surface area contributed by atoms with Gasteiger partial charge < -0.3 is 23.7 Å². The van der Waals surface area contributed by atoms with Gasteiger partial charge in [0, 0.05) is 95.5 Å². The van der Waals surface area contributed by atoms with Gasteiger partial charge in [-0.2, -0.15) is 0 Å². The SMILES string of the molecule is CC1=NC2(CCc3c(cccc3-c3cncs3)C2)CO1.CC1=N[C@@]2(CCc3ccc(-c4cncnc4)cc3C2)CO1.CC1=N[C@@]2(CCc3cccc(-c4ccccc4)c3C2)CO1.COc1ncc(-c2cccc3c2CCC2(COC(C)=N2)C3)cn1. The second kappa shape index (κ2) is 23.6. The Balaban J connectivity index is 0.000000106. The number of aryl methyl sites for hydroxylation is 2. The maximum atomic E-state index is 5.66. The Labute approximate surface area is 501 Å². The molecule has 3 aromatic heterocycles. The fourth-order valence-corrected chi connectivity index (χ4v) is 14.5. The standard InChI is InChI=1S/C19H19NO.C18H19N3O2.C17H17N3O.C16H16N2OS/c1-14-20-19(13-21-14)11-10-16-8-5-9-17(18(16)12-19)15-6-3-2-4-7-15;1-12-21-18(11-23-12)7-6-16-13(8-18)4-3-5-15(16)14-9-19-17(22-2)20-10-14;1-12-20-17(10-21-12)5-4-13-2-3-14(6-15(13)7-17)16-8-18-11-19-9-16;1-11-18-16(9-19-11)6-5-13-12(7-16)3-2-4-14(13)15-8-17-10-20-15/h2-9H,10-13H2,1H3;3-5,9-10H,6-8,11H2,1-2H3;2-3,6,8-9,11H,4-5,7,10H2,1H3;2-4,8,10H,5-7,9H2,1H3/t19-;;17-;/m1.1./s1. The summed E-state index contributed by atoms with van der Waals surface area (Å²) in [6.45, 7) is 10.7. The van der Waals surface area contributed by atoms with Crippen molar-refractivity contribution in [3.05, 3.63) is 190 Å². The molecule has 0 bridgehead atoms. The van der Waals surface area contributed by atoms with E-state index in [0.29, 0.717) is 12.6 Å². The van der Waals surface area contributed by atoms with Crippen LogP contribution in [-0.2, 0) is 70.3 Å². The Kier molecular flexibility index (Phi) is 15.4. The molecule has 0 saturated carbocycles. The molecular formula is C70H71N9O5S. The average Bonchev–Trinajstić information content (AvgIpc) is 4.20. The fourth-order valence-electron chi connectivity index (χ4n) is 13.8. The van der Waals surface area contributed by atoms with Gasteiger partial charge in [-0.15, -0.1) is 11.3 Å². The predicted octanol–water partition coefficient (Wildman–Crippen LogP) is 13.2. The fraction of sp³-hybridized carbons (Fsp3) is 0.357. The van der Waals surface area contributed by atoms with Crippen molar-refractivity contribution in [2.45, 2.75) is 127 Å². The summed E-state index contributed by atoms with van der Waals surface area (Å²) in [6, 6.07) is 37.4. The number of nitrogens with zero attached hydrogens (tertiary/aromatic N) is 9. The van der Waals surface area contributed by atoms with Gasteiger partial charge in [-0.1, -0.05) is 103 Å². The minimum Gasteiger partial charge on any atom is -0.479 e. The molecular weight excluding hydrogens is 1080 g/mol. The molecule has 8 aromatic rings. The maximum absolute atomic E-state index is 5.66. The second-order valence-electron chi connectivity index (χ2n) is 23.9. The molecule has 0 N–H and O–H groups in total. The van der Waals surface area contributed by atoms with Crippen LogP contribution in [0.15, 0.2) is 166 Å². The zero-order chi connectivity index (χ0) is 58.0. The summed E-state index contributed by atoms with van der Waals surface area (Å²) >= 11 is 1.71. The number of hydrogen-bond acceptors (Lipinski definition) is 15. The van der Waals surface area contributed by atoms with Crippen molar-refractivity contribution in [1.29, 1.82) is 0 Å². The Hall–Kier alpha value is -8.43. The molecule has 0 fully saturated rings. The molecule has 15 heteroatoms. The molecule has 0 amide bonds. The summed E-state index contributed by atoms with van der Waals surface area (Å²) < 4.78 is 27.5. The summed E-state index contributed by atoms with van der Waals surface area (Å²) in [6.07, 6.45) is 23.3. The van der Waals surface area contributed by atoms with Crippen molar-refractivity contribution in [2.24, 2.45) is 20.0 Å². The van der Waals surface area contributed by atoms with E-state index in [-0.39, 0.29) is 22.2 Å². The third-order valence-corrected chi connectivity index (χ3v) is 18.9. The zero-order valence-electron chi connectivity index (χ0n) is 49.1. The molecule has 85 heavy (non-hydrogen) atoms. The Morgan fingerprint density at radius 2 is 0.918 bits per heavy atom. The molecule has 2 unspecified atom stereocenters. The number of fused-ring (bicyclic) bond motifs is 4. The Morgan fingerprint density at radius 3 is 1.46 bits per heavy atom. The third kappa shape index (κ3) is 11.9. The third-order valence-electron chi connectivity index (χ3n) is 18.1.